The topological polar surface area (TPSA) is 57.6 Å². The zero-order valence-corrected chi connectivity index (χ0v) is 10.4. The molecule has 0 atom stereocenters. The molecule has 0 spiro atoms. The van der Waals surface area contributed by atoms with Crippen molar-refractivity contribution in [1.82, 2.24) is 4.31 Å². The molecular formula is C11H17NO3S. The highest BCUT2D eigenvalue weighted by Crippen LogP contribution is 2.19. The maximum Gasteiger partial charge on any atom is 0.242 e. The van der Waals surface area contributed by atoms with Gasteiger partial charge in [0.15, 0.2) is 0 Å². The second-order valence-corrected chi connectivity index (χ2v) is 5.72. The van der Waals surface area contributed by atoms with Crippen LogP contribution in [0.3, 0.4) is 0 Å². The molecule has 1 N–H and O–H groups in total. The highest BCUT2D eigenvalue weighted by Gasteiger charge is 2.20. The Labute approximate surface area is 96.6 Å². The van der Waals surface area contributed by atoms with Crippen LogP contribution in [0, 0.1) is 0 Å². The number of nitrogens with zero attached hydrogens (tertiary/aromatic N) is 1. The molecule has 0 radical (unpaired) electrons. The fraction of sp³-hybridized carbons (Fsp3) is 0.455. The van der Waals surface area contributed by atoms with E-state index >= 15 is 0 Å². The van der Waals surface area contributed by atoms with Gasteiger partial charge in [-0.05, 0) is 24.6 Å². The lowest BCUT2D eigenvalue weighted by Gasteiger charge is -2.16. The highest BCUT2D eigenvalue weighted by molar-refractivity contribution is 7.89. The second kappa shape index (κ2) is 5.32. The molecule has 1 aromatic carbocycles. The SMILES string of the molecule is CCCCN(C)S(=O)(=O)c1cccc(O)c1. The molecule has 0 aliphatic carbocycles. The molecule has 0 unspecified atom stereocenters. The molecule has 16 heavy (non-hydrogen) atoms. The summed E-state index contributed by atoms with van der Waals surface area (Å²) in [6.07, 6.45) is 1.77. The fourth-order valence-corrected chi connectivity index (χ4v) is 2.57. The van der Waals surface area contributed by atoms with Crippen molar-refractivity contribution < 1.29 is 13.5 Å². The molecule has 0 saturated carbocycles. The molecule has 1 aromatic rings. The van der Waals surface area contributed by atoms with E-state index < -0.39 is 10.0 Å². The van der Waals surface area contributed by atoms with Crippen LogP contribution in [0.2, 0.25) is 0 Å². The van der Waals surface area contributed by atoms with Gasteiger partial charge in [-0.25, -0.2) is 12.7 Å². The van der Waals surface area contributed by atoms with Crippen molar-refractivity contribution in [2.75, 3.05) is 13.6 Å². The van der Waals surface area contributed by atoms with Gasteiger partial charge in [-0.15, -0.1) is 0 Å². The molecule has 0 fully saturated rings. The first-order valence-corrected chi connectivity index (χ1v) is 6.68. The third-order valence-corrected chi connectivity index (χ3v) is 4.21. The molecule has 0 aliphatic rings. The van der Waals surface area contributed by atoms with Crippen LogP contribution >= 0.6 is 0 Å². The normalized spacial score (nSPS) is 11.9. The Kier molecular flexibility index (Phi) is 4.32. The van der Waals surface area contributed by atoms with Crippen LogP contribution in [0.1, 0.15) is 19.8 Å². The molecule has 0 aromatic heterocycles. The first kappa shape index (κ1) is 13.0. The smallest absolute Gasteiger partial charge is 0.242 e. The Morgan fingerprint density at radius 3 is 2.62 bits per heavy atom. The molecule has 1 rings (SSSR count). The maximum absolute atomic E-state index is 12.0. The lowest BCUT2D eigenvalue weighted by atomic mass is 10.3. The lowest BCUT2D eigenvalue weighted by Crippen LogP contribution is -2.27. The van der Waals surface area contributed by atoms with Gasteiger partial charge >= 0.3 is 0 Å². The number of phenolic OH excluding ortho intramolecular Hbond substituents is 1. The Morgan fingerprint density at radius 2 is 2.06 bits per heavy atom. The summed E-state index contributed by atoms with van der Waals surface area (Å²) in [5, 5.41) is 9.25. The van der Waals surface area contributed by atoms with Crippen molar-refractivity contribution in [2.45, 2.75) is 24.7 Å². The Morgan fingerprint density at radius 1 is 1.38 bits per heavy atom. The average molecular weight is 243 g/mol. The van der Waals surface area contributed by atoms with Crippen molar-refractivity contribution in [3.05, 3.63) is 24.3 Å². The van der Waals surface area contributed by atoms with E-state index in [9.17, 15) is 13.5 Å². The number of aromatic hydroxyl groups is 1. The molecule has 0 bridgehead atoms. The van der Waals surface area contributed by atoms with E-state index in [0.717, 1.165) is 12.8 Å². The van der Waals surface area contributed by atoms with Crippen LogP contribution in [0.5, 0.6) is 5.75 Å². The summed E-state index contributed by atoms with van der Waals surface area (Å²) in [5.74, 6) is -0.0371. The number of hydrogen-bond donors (Lipinski definition) is 1. The maximum atomic E-state index is 12.0. The number of benzene rings is 1. The molecule has 5 heteroatoms. The quantitative estimate of drug-likeness (QED) is 0.858. The van der Waals surface area contributed by atoms with Gasteiger partial charge in [0.2, 0.25) is 10.0 Å². The molecule has 0 aliphatic heterocycles. The minimum Gasteiger partial charge on any atom is -0.508 e. The summed E-state index contributed by atoms with van der Waals surface area (Å²) in [6.45, 7) is 2.50. The van der Waals surface area contributed by atoms with Crippen LogP contribution in [0.25, 0.3) is 0 Å². The molecule has 4 nitrogen and oxygen atoms in total. The first-order chi connectivity index (χ1) is 7.48. The zero-order valence-electron chi connectivity index (χ0n) is 9.55. The lowest BCUT2D eigenvalue weighted by molar-refractivity contribution is 0.455. The van der Waals surface area contributed by atoms with E-state index in [-0.39, 0.29) is 10.6 Å². The van der Waals surface area contributed by atoms with Gasteiger partial charge in [0.25, 0.3) is 0 Å². The van der Waals surface area contributed by atoms with Gasteiger partial charge in [0, 0.05) is 13.6 Å². The Hall–Kier alpha value is -1.07. The summed E-state index contributed by atoms with van der Waals surface area (Å²) in [6, 6.07) is 5.72. The van der Waals surface area contributed by atoms with Crippen LogP contribution in [-0.4, -0.2) is 31.4 Å². The van der Waals surface area contributed by atoms with Crippen LogP contribution < -0.4 is 0 Å². The monoisotopic (exact) mass is 243 g/mol. The molecule has 0 amide bonds. The van der Waals surface area contributed by atoms with E-state index in [1.54, 1.807) is 7.05 Å². The minimum absolute atomic E-state index is 0.0371. The summed E-state index contributed by atoms with van der Waals surface area (Å²) in [7, 11) is -1.91. The number of unbranched alkanes of at least 4 members (excludes halogenated alkanes) is 1. The van der Waals surface area contributed by atoms with Crippen LogP contribution in [-0.2, 0) is 10.0 Å². The van der Waals surface area contributed by atoms with Crippen molar-refractivity contribution in [1.29, 1.82) is 0 Å². The van der Waals surface area contributed by atoms with E-state index in [4.69, 9.17) is 0 Å². The van der Waals surface area contributed by atoms with E-state index in [0.29, 0.717) is 6.54 Å². The third kappa shape index (κ3) is 2.96. The molecule has 90 valence electrons. The highest BCUT2D eigenvalue weighted by atomic mass is 32.2. The van der Waals surface area contributed by atoms with E-state index in [1.807, 2.05) is 6.92 Å². The van der Waals surface area contributed by atoms with Crippen molar-refractivity contribution in [3.63, 3.8) is 0 Å². The number of hydrogen-bond acceptors (Lipinski definition) is 3. The van der Waals surface area contributed by atoms with Crippen molar-refractivity contribution in [2.24, 2.45) is 0 Å². The average Bonchev–Trinajstić information content (AvgIpc) is 2.25. The third-order valence-electron chi connectivity index (χ3n) is 2.35. The molecular weight excluding hydrogens is 226 g/mol. The summed E-state index contributed by atoms with van der Waals surface area (Å²) >= 11 is 0. The van der Waals surface area contributed by atoms with Crippen molar-refractivity contribution in [3.8, 4) is 5.75 Å². The largest absolute Gasteiger partial charge is 0.508 e. The van der Waals surface area contributed by atoms with Crippen LogP contribution in [0.4, 0.5) is 0 Å². The summed E-state index contributed by atoms with van der Waals surface area (Å²) in [5.41, 5.74) is 0. The Bertz CT molecular complexity index is 442. The first-order valence-electron chi connectivity index (χ1n) is 5.24. The van der Waals surface area contributed by atoms with E-state index in [2.05, 4.69) is 0 Å². The van der Waals surface area contributed by atoms with Gasteiger partial charge < -0.3 is 5.11 Å². The number of phenols is 1. The number of rotatable bonds is 5. The van der Waals surface area contributed by atoms with E-state index in [1.165, 1.54) is 28.6 Å². The van der Waals surface area contributed by atoms with Gasteiger partial charge in [0.05, 0.1) is 4.90 Å². The van der Waals surface area contributed by atoms with Gasteiger partial charge in [-0.3, -0.25) is 0 Å². The van der Waals surface area contributed by atoms with Gasteiger partial charge in [-0.1, -0.05) is 19.4 Å². The van der Waals surface area contributed by atoms with Gasteiger partial charge in [-0.2, -0.15) is 0 Å². The second-order valence-electron chi connectivity index (χ2n) is 3.68. The van der Waals surface area contributed by atoms with Gasteiger partial charge in [0.1, 0.15) is 5.75 Å². The molecule has 0 saturated heterocycles. The fourth-order valence-electron chi connectivity index (χ4n) is 1.32. The minimum atomic E-state index is -3.46. The predicted molar refractivity (Wildman–Crippen MR) is 62.8 cm³/mol. The van der Waals surface area contributed by atoms with Crippen LogP contribution in [0.15, 0.2) is 29.2 Å². The summed E-state index contributed by atoms with van der Waals surface area (Å²) < 4.78 is 25.3. The van der Waals surface area contributed by atoms with Crippen molar-refractivity contribution >= 4 is 10.0 Å². The number of sulfonamides is 1. The predicted octanol–water partition coefficient (Wildman–Crippen LogP) is 1.81. The zero-order chi connectivity index (χ0) is 12.2. The molecule has 0 heterocycles. The standard InChI is InChI=1S/C11H17NO3S/c1-3-4-8-12(2)16(14,15)11-7-5-6-10(13)9-11/h5-7,9,13H,3-4,8H2,1-2H3. The Balaban J connectivity index is 2.93. The summed E-state index contributed by atoms with van der Waals surface area (Å²) in [4.78, 5) is 0.131.